The van der Waals surface area contributed by atoms with Gasteiger partial charge in [0, 0.05) is 29.9 Å². The number of ether oxygens (including phenoxy) is 1. The lowest BCUT2D eigenvalue weighted by molar-refractivity contribution is 0.402. The van der Waals surface area contributed by atoms with Gasteiger partial charge in [-0.05, 0) is 48.7 Å². The quantitative estimate of drug-likeness (QED) is 0.426. The number of benzene rings is 2. The molecule has 1 aliphatic rings. The summed E-state index contributed by atoms with van der Waals surface area (Å²) in [5, 5.41) is 2.73. The molecule has 0 amide bonds. The van der Waals surface area contributed by atoms with Crippen molar-refractivity contribution in [1.82, 2.24) is 4.98 Å². The van der Waals surface area contributed by atoms with Crippen molar-refractivity contribution in [1.29, 1.82) is 0 Å². The minimum Gasteiger partial charge on any atom is -0.495 e. The fourth-order valence-electron chi connectivity index (χ4n) is 3.79. The second kappa shape index (κ2) is 9.55. The van der Waals surface area contributed by atoms with Crippen molar-refractivity contribution < 1.29 is 17.5 Å². The minimum atomic E-state index is -3.58. The summed E-state index contributed by atoms with van der Waals surface area (Å²) >= 11 is 13.3. The van der Waals surface area contributed by atoms with Gasteiger partial charge in [-0.15, -0.1) is 11.3 Å². The molecule has 0 N–H and O–H groups in total. The minimum absolute atomic E-state index is 0.0981. The summed E-state index contributed by atoms with van der Waals surface area (Å²) < 4.78 is 45.3. The number of nitrogens with zero attached hydrogens (tertiary/aromatic N) is 2. The molecule has 3 aromatic rings. The normalized spacial score (nSPS) is 15.2. The molecule has 1 saturated heterocycles. The molecule has 0 unspecified atom stereocenters. The van der Waals surface area contributed by atoms with Crippen LogP contribution in [0.25, 0.3) is 0 Å². The Hall–Kier alpha value is -1.87. The molecule has 0 radical (unpaired) electrons. The highest BCUT2D eigenvalue weighted by Gasteiger charge is 2.34. The monoisotopic (exact) mass is 514 g/mol. The van der Waals surface area contributed by atoms with E-state index in [2.05, 4.69) is 9.88 Å². The molecule has 1 aromatic heterocycles. The number of hydrogen-bond acceptors (Lipinski definition) is 6. The predicted molar refractivity (Wildman–Crippen MR) is 127 cm³/mol. The standard InChI is InChI=1S/C22H21Cl2FN2O3S2/c1-30-20-5-3-15(23)12-21(20)32(28,29)17-6-8-27(9-7-17)22-26-16(13-31-22)10-14-2-4-18(24)19(25)11-14/h2-5,11-13,17H,6-10H2,1H3. The molecule has 1 fully saturated rings. The predicted octanol–water partition coefficient (Wildman–Crippen LogP) is 5.63. The van der Waals surface area contributed by atoms with Crippen molar-refractivity contribution in [2.75, 3.05) is 25.1 Å². The summed E-state index contributed by atoms with van der Waals surface area (Å²) in [7, 11) is -2.13. The zero-order valence-electron chi connectivity index (χ0n) is 17.2. The van der Waals surface area contributed by atoms with Crippen LogP contribution in [0.15, 0.2) is 46.7 Å². The molecule has 0 bridgehead atoms. The fraction of sp³-hybridized carbons (Fsp3) is 0.318. The van der Waals surface area contributed by atoms with E-state index in [9.17, 15) is 12.8 Å². The highest BCUT2D eigenvalue weighted by molar-refractivity contribution is 7.92. The third kappa shape index (κ3) is 4.88. The summed E-state index contributed by atoms with van der Waals surface area (Å²) in [5.74, 6) is -0.140. The molecular formula is C22H21Cl2FN2O3S2. The Morgan fingerprint density at radius 2 is 1.94 bits per heavy atom. The maximum atomic E-state index is 13.7. The van der Waals surface area contributed by atoms with E-state index in [1.807, 2.05) is 5.38 Å². The van der Waals surface area contributed by atoms with E-state index in [0.717, 1.165) is 16.4 Å². The summed E-state index contributed by atoms with van der Waals surface area (Å²) in [6, 6.07) is 9.38. The van der Waals surface area contributed by atoms with Crippen LogP contribution in [-0.4, -0.2) is 38.9 Å². The molecule has 10 heteroatoms. The van der Waals surface area contributed by atoms with E-state index in [0.29, 0.717) is 43.1 Å². The molecule has 0 saturated carbocycles. The van der Waals surface area contributed by atoms with Crippen LogP contribution in [0.1, 0.15) is 24.1 Å². The van der Waals surface area contributed by atoms with Crippen molar-refractivity contribution in [2.45, 2.75) is 29.4 Å². The maximum Gasteiger partial charge on any atom is 0.185 e. The molecule has 2 heterocycles. The van der Waals surface area contributed by atoms with Crippen LogP contribution >= 0.6 is 34.5 Å². The first kappa shape index (κ1) is 23.3. The number of anilines is 1. The van der Waals surface area contributed by atoms with Crippen LogP contribution in [0, 0.1) is 5.82 Å². The van der Waals surface area contributed by atoms with E-state index >= 15 is 0 Å². The van der Waals surface area contributed by atoms with Crippen molar-refractivity contribution in [3.8, 4) is 5.75 Å². The summed E-state index contributed by atoms with van der Waals surface area (Å²) in [5.41, 5.74) is 1.63. The number of thiazole rings is 1. The first-order valence-electron chi connectivity index (χ1n) is 9.98. The van der Waals surface area contributed by atoms with Crippen LogP contribution in [-0.2, 0) is 16.3 Å². The summed E-state index contributed by atoms with van der Waals surface area (Å²) in [4.78, 5) is 6.90. The van der Waals surface area contributed by atoms with Gasteiger partial charge < -0.3 is 9.64 Å². The van der Waals surface area contributed by atoms with Crippen LogP contribution in [0.2, 0.25) is 10.0 Å². The zero-order chi connectivity index (χ0) is 22.9. The lowest BCUT2D eigenvalue weighted by Gasteiger charge is -2.31. The van der Waals surface area contributed by atoms with Crippen molar-refractivity contribution in [2.24, 2.45) is 0 Å². The third-order valence-corrected chi connectivity index (χ3v) is 9.27. The number of rotatable bonds is 6. The van der Waals surface area contributed by atoms with Gasteiger partial charge in [0.2, 0.25) is 0 Å². The van der Waals surface area contributed by atoms with E-state index in [1.54, 1.807) is 24.3 Å². The smallest absolute Gasteiger partial charge is 0.185 e. The lowest BCUT2D eigenvalue weighted by atomic mass is 10.1. The molecule has 170 valence electrons. The van der Waals surface area contributed by atoms with Crippen LogP contribution in [0.3, 0.4) is 0 Å². The van der Waals surface area contributed by atoms with Gasteiger partial charge in [-0.3, -0.25) is 0 Å². The van der Waals surface area contributed by atoms with Gasteiger partial charge in [0.1, 0.15) is 16.5 Å². The van der Waals surface area contributed by atoms with E-state index in [-0.39, 0.29) is 9.92 Å². The largest absolute Gasteiger partial charge is 0.495 e. The van der Waals surface area contributed by atoms with Crippen LogP contribution in [0.4, 0.5) is 9.52 Å². The van der Waals surface area contributed by atoms with Gasteiger partial charge in [-0.2, -0.15) is 0 Å². The lowest BCUT2D eigenvalue weighted by Crippen LogP contribution is -2.39. The molecule has 1 aliphatic heterocycles. The molecule has 4 rings (SSSR count). The summed E-state index contributed by atoms with van der Waals surface area (Å²) in [6.07, 6.45) is 1.47. The topological polar surface area (TPSA) is 59.5 Å². The Kier molecular flexibility index (Phi) is 6.95. The molecule has 0 atom stereocenters. The Balaban J connectivity index is 1.43. The molecular weight excluding hydrogens is 494 g/mol. The van der Waals surface area contributed by atoms with Gasteiger partial charge in [0.05, 0.1) is 23.1 Å². The Morgan fingerprint density at radius 3 is 2.62 bits per heavy atom. The summed E-state index contributed by atoms with van der Waals surface area (Å²) in [6.45, 7) is 1.16. The highest BCUT2D eigenvalue weighted by atomic mass is 35.5. The molecule has 5 nitrogen and oxygen atoms in total. The van der Waals surface area contributed by atoms with Gasteiger partial charge in [-0.25, -0.2) is 17.8 Å². The van der Waals surface area contributed by atoms with Crippen molar-refractivity contribution in [3.05, 3.63) is 68.9 Å². The van der Waals surface area contributed by atoms with Gasteiger partial charge >= 0.3 is 0 Å². The van der Waals surface area contributed by atoms with E-state index < -0.39 is 20.9 Å². The number of methoxy groups -OCH3 is 1. The second-order valence-electron chi connectivity index (χ2n) is 7.57. The van der Waals surface area contributed by atoms with Crippen LogP contribution in [0.5, 0.6) is 5.75 Å². The first-order valence-corrected chi connectivity index (χ1v) is 13.2. The number of aromatic nitrogens is 1. The SMILES string of the molecule is COc1ccc(Cl)cc1S(=O)(=O)C1CCN(c2nc(Cc3ccc(Cl)c(F)c3)cs2)CC1. The molecule has 0 spiro atoms. The first-order chi connectivity index (χ1) is 15.3. The average Bonchev–Trinajstić information content (AvgIpc) is 3.25. The number of hydrogen-bond donors (Lipinski definition) is 0. The van der Waals surface area contributed by atoms with Gasteiger partial charge in [0.15, 0.2) is 15.0 Å². The van der Waals surface area contributed by atoms with Crippen LogP contribution < -0.4 is 9.64 Å². The van der Waals surface area contributed by atoms with Gasteiger partial charge in [-0.1, -0.05) is 29.3 Å². The molecule has 32 heavy (non-hydrogen) atoms. The van der Waals surface area contributed by atoms with E-state index in [1.165, 1.54) is 30.6 Å². The number of halogens is 3. The Bertz CT molecular complexity index is 1230. The van der Waals surface area contributed by atoms with Crippen molar-refractivity contribution in [3.63, 3.8) is 0 Å². The highest BCUT2D eigenvalue weighted by Crippen LogP contribution is 2.34. The number of piperidine rings is 1. The average molecular weight is 515 g/mol. The van der Waals surface area contributed by atoms with E-state index in [4.69, 9.17) is 27.9 Å². The number of sulfone groups is 1. The van der Waals surface area contributed by atoms with Crippen molar-refractivity contribution >= 4 is 49.5 Å². The maximum absolute atomic E-state index is 13.7. The Labute approximate surface area is 200 Å². The molecule has 0 aliphatic carbocycles. The Morgan fingerprint density at radius 1 is 1.19 bits per heavy atom. The molecule has 2 aromatic carbocycles. The zero-order valence-corrected chi connectivity index (χ0v) is 20.4. The second-order valence-corrected chi connectivity index (χ2v) is 11.4. The fourth-order valence-corrected chi connectivity index (χ4v) is 6.94. The van der Waals surface area contributed by atoms with Gasteiger partial charge in [0.25, 0.3) is 0 Å². The third-order valence-electron chi connectivity index (χ3n) is 5.49.